The second kappa shape index (κ2) is 7.58. The van der Waals surface area contributed by atoms with Crippen molar-refractivity contribution in [3.63, 3.8) is 0 Å². The molecule has 3 amide bonds. The van der Waals surface area contributed by atoms with E-state index in [0.29, 0.717) is 26.2 Å². The first-order valence-corrected chi connectivity index (χ1v) is 8.28. The average molecular weight is 351 g/mol. The molecule has 138 valence electrons. The van der Waals surface area contributed by atoms with Gasteiger partial charge in [0.05, 0.1) is 6.26 Å². The quantitative estimate of drug-likeness (QED) is 0.890. The van der Waals surface area contributed by atoms with Crippen molar-refractivity contribution < 1.29 is 23.5 Å². The number of carbonyl (C=O) groups excluding carboxylic acids is 3. The van der Waals surface area contributed by atoms with Crippen molar-refractivity contribution in [1.29, 1.82) is 0 Å². The van der Waals surface area contributed by atoms with Gasteiger partial charge >= 0.3 is 6.09 Å². The highest BCUT2D eigenvalue weighted by molar-refractivity contribution is 5.95. The molecule has 1 unspecified atom stereocenters. The van der Waals surface area contributed by atoms with Crippen LogP contribution in [0.3, 0.4) is 0 Å². The number of ether oxygens (including phenoxy) is 1. The summed E-state index contributed by atoms with van der Waals surface area (Å²) in [6.07, 6.45) is 1.02. The van der Waals surface area contributed by atoms with Crippen LogP contribution in [0.5, 0.6) is 0 Å². The second-order valence-corrected chi connectivity index (χ2v) is 6.97. The third-order valence-corrected chi connectivity index (χ3v) is 3.71. The molecule has 1 atom stereocenters. The zero-order chi connectivity index (χ0) is 18.6. The van der Waals surface area contributed by atoms with Crippen LogP contribution in [-0.4, -0.2) is 65.5 Å². The molecule has 25 heavy (non-hydrogen) atoms. The fraction of sp³-hybridized carbons (Fsp3) is 0.588. The lowest BCUT2D eigenvalue weighted by Crippen LogP contribution is -2.55. The van der Waals surface area contributed by atoms with Crippen molar-refractivity contribution in [3.8, 4) is 0 Å². The standard InChI is InChI=1S/C17H25N3O5/c1-12(18-14(21)13-6-5-11-24-13)15(22)19-7-9-20(10-8-19)16(23)25-17(2,3)4/h5-6,11-12H,7-10H2,1-4H3,(H,18,21). The molecule has 0 aliphatic carbocycles. The summed E-state index contributed by atoms with van der Waals surface area (Å²) < 4.78 is 10.3. The lowest BCUT2D eigenvalue weighted by molar-refractivity contribution is -0.134. The summed E-state index contributed by atoms with van der Waals surface area (Å²) in [6, 6.07) is 2.47. The van der Waals surface area contributed by atoms with Crippen LogP contribution in [0.1, 0.15) is 38.2 Å². The van der Waals surface area contributed by atoms with Gasteiger partial charge in [0.2, 0.25) is 5.91 Å². The number of nitrogens with one attached hydrogen (secondary N) is 1. The highest BCUT2D eigenvalue weighted by Gasteiger charge is 2.30. The molecular weight excluding hydrogens is 326 g/mol. The number of carbonyl (C=O) groups is 3. The summed E-state index contributed by atoms with van der Waals surface area (Å²) in [5.41, 5.74) is -0.547. The number of amides is 3. The first kappa shape index (κ1) is 18.8. The maximum Gasteiger partial charge on any atom is 0.410 e. The highest BCUT2D eigenvalue weighted by Crippen LogP contribution is 2.12. The summed E-state index contributed by atoms with van der Waals surface area (Å²) in [7, 11) is 0. The maximum absolute atomic E-state index is 12.5. The molecule has 1 aromatic heterocycles. The van der Waals surface area contributed by atoms with Crippen LogP contribution in [0.15, 0.2) is 22.8 Å². The lowest BCUT2D eigenvalue weighted by atomic mass is 10.2. The molecule has 0 radical (unpaired) electrons. The van der Waals surface area contributed by atoms with E-state index in [2.05, 4.69) is 5.32 Å². The molecule has 0 spiro atoms. The summed E-state index contributed by atoms with van der Waals surface area (Å²) in [5, 5.41) is 2.62. The van der Waals surface area contributed by atoms with Crippen LogP contribution >= 0.6 is 0 Å². The molecule has 2 heterocycles. The lowest BCUT2D eigenvalue weighted by Gasteiger charge is -2.36. The van der Waals surface area contributed by atoms with E-state index in [-0.39, 0.29) is 17.8 Å². The molecule has 8 nitrogen and oxygen atoms in total. The Kier molecular flexibility index (Phi) is 5.71. The number of piperazine rings is 1. The Morgan fingerprint density at radius 2 is 1.76 bits per heavy atom. The van der Waals surface area contributed by atoms with Crippen molar-refractivity contribution in [2.75, 3.05) is 26.2 Å². The number of rotatable bonds is 3. The first-order valence-electron chi connectivity index (χ1n) is 8.28. The second-order valence-electron chi connectivity index (χ2n) is 6.97. The van der Waals surface area contributed by atoms with Gasteiger partial charge in [0.1, 0.15) is 11.6 Å². The Morgan fingerprint density at radius 3 is 2.28 bits per heavy atom. The Labute approximate surface area is 147 Å². The minimum Gasteiger partial charge on any atom is -0.459 e. The zero-order valence-electron chi connectivity index (χ0n) is 15.1. The molecule has 1 saturated heterocycles. The van der Waals surface area contributed by atoms with Crippen LogP contribution in [-0.2, 0) is 9.53 Å². The van der Waals surface area contributed by atoms with Crippen molar-refractivity contribution in [2.45, 2.75) is 39.3 Å². The van der Waals surface area contributed by atoms with E-state index in [1.165, 1.54) is 12.3 Å². The van der Waals surface area contributed by atoms with Crippen molar-refractivity contribution in [3.05, 3.63) is 24.2 Å². The Bertz CT molecular complexity index is 613. The third-order valence-electron chi connectivity index (χ3n) is 3.71. The van der Waals surface area contributed by atoms with E-state index in [1.54, 1.807) is 22.8 Å². The average Bonchev–Trinajstić information content (AvgIpc) is 3.07. The maximum atomic E-state index is 12.5. The monoisotopic (exact) mass is 351 g/mol. The van der Waals surface area contributed by atoms with Crippen LogP contribution in [0, 0.1) is 0 Å². The van der Waals surface area contributed by atoms with Gasteiger partial charge in [-0.15, -0.1) is 0 Å². The van der Waals surface area contributed by atoms with Crippen LogP contribution in [0.4, 0.5) is 4.79 Å². The first-order chi connectivity index (χ1) is 11.7. The normalized spacial score (nSPS) is 16.3. The van der Waals surface area contributed by atoms with E-state index in [0.717, 1.165) is 0 Å². The van der Waals surface area contributed by atoms with E-state index in [9.17, 15) is 14.4 Å². The van der Waals surface area contributed by atoms with Gasteiger partial charge in [-0.2, -0.15) is 0 Å². The predicted octanol–water partition coefficient (Wildman–Crippen LogP) is 1.48. The smallest absolute Gasteiger partial charge is 0.410 e. The largest absolute Gasteiger partial charge is 0.459 e. The van der Waals surface area contributed by atoms with E-state index in [4.69, 9.17) is 9.15 Å². The van der Waals surface area contributed by atoms with E-state index < -0.39 is 17.6 Å². The van der Waals surface area contributed by atoms with Gasteiger partial charge in [-0.1, -0.05) is 0 Å². The van der Waals surface area contributed by atoms with Crippen molar-refractivity contribution >= 4 is 17.9 Å². The van der Waals surface area contributed by atoms with Gasteiger partial charge in [-0.3, -0.25) is 9.59 Å². The number of hydrogen-bond acceptors (Lipinski definition) is 5. The number of nitrogens with zero attached hydrogens (tertiary/aromatic N) is 2. The Balaban J connectivity index is 1.82. The van der Waals surface area contributed by atoms with Gasteiger partial charge < -0.3 is 24.3 Å². The summed E-state index contributed by atoms with van der Waals surface area (Å²) >= 11 is 0. The fourth-order valence-electron chi connectivity index (χ4n) is 2.45. The molecule has 2 rings (SSSR count). The Morgan fingerprint density at radius 1 is 1.16 bits per heavy atom. The minimum atomic E-state index is -0.675. The molecule has 0 saturated carbocycles. The van der Waals surface area contributed by atoms with Gasteiger partial charge in [-0.05, 0) is 39.8 Å². The van der Waals surface area contributed by atoms with Crippen LogP contribution in [0.2, 0.25) is 0 Å². The predicted molar refractivity (Wildman–Crippen MR) is 90.0 cm³/mol. The topological polar surface area (TPSA) is 92.1 Å². The molecule has 1 aliphatic rings. The minimum absolute atomic E-state index is 0.161. The zero-order valence-corrected chi connectivity index (χ0v) is 15.1. The molecule has 8 heteroatoms. The van der Waals surface area contributed by atoms with Gasteiger partial charge in [-0.25, -0.2) is 4.79 Å². The summed E-state index contributed by atoms with van der Waals surface area (Å²) in [4.78, 5) is 39.6. The molecule has 1 fully saturated rings. The van der Waals surface area contributed by atoms with Gasteiger partial charge in [0.15, 0.2) is 5.76 Å². The number of furan rings is 1. The molecular formula is C17H25N3O5. The SMILES string of the molecule is CC(NC(=O)c1ccco1)C(=O)N1CCN(C(=O)OC(C)(C)C)CC1. The summed E-state index contributed by atoms with van der Waals surface area (Å²) in [5.74, 6) is -0.462. The van der Waals surface area contributed by atoms with E-state index >= 15 is 0 Å². The summed E-state index contributed by atoms with van der Waals surface area (Å²) in [6.45, 7) is 8.68. The van der Waals surface area contributed by atoms with Gasteiger partial charge in [0, 0.05) is 26.2 Å². The van der Waals surface area contributed by atoms with E-state index in [1.807, 2.05) is 20.8 Å². The molecule has 1 N–H and O–H groups in total. The van der Waals surface area contributed by atoms with Crippen molar-refractivity contribution in [2.24, 2.45) is 0 Å². The fourth-order valence-corrected chi connectivity index (χ4v) is 2.45. The van der Waals surface area contributed by atoms with Crippen molar-refractivity contribution in [1.82, 2.24) is 15.1 Å². The molecule has 1 aromatic rings. The third kappa shape index (κ3) is 5.23. The number of hydrogen-bond donors (Lipinski definition) is 1. The molecule has 1 aliphatic heterocycles. The Hall–Kier alpha value is -2.51. The molecule has 0 aromatic carbocycles. The molecule has 0 bridgehead atoms. The van der Waals surface area contributed by atoms with Gasteiger partial charge in [0.25, 0.3) is 5.91 Å². The highest BCUT2D eigenvalue weighted by atomic mass is 16.6. The van der Waals surface area contributed by atoms with Crippen LogP contribution in [0.25, 0.3) is 0 Å². The van der Waals surface area contributed by atoms with Crippen LogP contribution < -0.4 is 5.32 Å².